The molecular formula is C26H43NO. The van der Waals surface area contributed by atoms with E-state index < -0.39 is 0 Å². The maximum atomic E-state index is 12.4. The molecular weight excluding hydrogens is 342 g/mol. The number of fused-ring (bicyclic) bond motifs is 2. The van der Waals surface area contributed by atoms with Gasteiger partial charge in [-0.2, -0.15) is 0 Å². The Morgan fingerprint density at radius 1 is 0.714 bits per heavy atom. The topological polar surface area (TPSA) is 20.3 Å². The van der Waals surface area contributed by atoms with E-state index in [1.807, 2.05) is 4.90 Å². The van der Waals surface area contributed by atoms with Gasteiger partial charge >= 0.3 is 0 Å². The van der Waals surface area contributed by atoms with Crippen LogP contribution in [-0.4, -0.2) is 10.8 Å². The zero-order chi connectivity index (χ0) is 19.9. The van der Waals surface area contributed by atoms with Crippen molar-refractivity contribution in [2.45, 2.75) is 123 Å². The summed E-state index contributed by atoms with van der Waals surface area (Å²) >= 11 is 0. The Balaban J connectivity index is 1.34. The van der Waals surface area contributed by atoms with E-state index in [9.17, 15) is 4.79 Å². The summed E-state index contributed by atoms with van der Waals surface area (Å²) in [7, 11) is 0. The van der Waals surface area contributed by atoms with E-state index in [0.717, 1.165) is 25.9 Å². The summed E-state index contributed by atoms with van der Waals surface area (Å²) in [4.78, 5) is 14.4. The number of carbonyl (C=O) groups excluding carboxylic acids is 1. The fourth-order valence-corrected chi connectivity index (χ4v) is 4.31. The molecule has 0 fully saturated rings. The number of carbonyl (C=O) groups is 1. The maximum absolute atomic E-state index is 12.4. The summed E-state index contributed by atoms with van der Waals surface area (Å²) in [5.74, 6) is 0.335. The summed E-state index contributed by atoms with van der Waals surface area (Å²) in [5, 5.41) is 0. The van der Waals surface area contributed by atoms with Crippen LogP contribution in [0.3, 0.4) is 0 Å². The second-order valence-corrected chi connectivity index (χ2v) is 8.77. The lowest BCUT2D eigenvalue weighted by atomic mass is 10.0. The molecule has 0 saturated carbocycles. The number of rotatable bonds is 16. The molecule has 1 aromatic rings. The Morgan fingerprint density at radius 2 is 1.14 bits per heavy atom. The average Bonchev–Trinajstić information content (AvgIpc) is 2.70. The van der Waals surface area contributed by atoms with Gasteiger partial charge in [0.2, 0.25) is 5.91 Å². The van der Waals surface area contributed by atoms with Gasteiger partial charge in [0, 0.05) is 19.5 Å². The lowest BCUT2D eigenvalue weighted by molar-refractivity contribution is -0.132. The number of hydrogen-bond acceptors (Lipinski definition) is 1. The molecule has 0 aromatic heterocycles. The first-order valence-electron chi connectivity index (χ1n) is 12.1. The molecule has 0 saturated heterocycles. The van der Waals surface area contributed by atoms with Crippen molar-refractivity contribution in [3.8, 4) is 0 Å². The van der Waals surface area contributed by atoms with Crippen molar-refractivity contribution < 1.29 is 4.79 Å². The molecule has 0 radical (unpaired) electrons. The van der Waals surface area contributed by atoms with Gasteiger partial charge in [0.05, 0.1) is 0 Å². The quantitative estimate of drug-likeness (QED) is 0.266. The fourth-order valence-electron chi connectivity index (χ4n) is 4.31. The van der Waals surface area contributed by atoms with Crippen molar-refractivity contribution in [3.05, 3.63) is 35.4 Å². The smallest absolute Gasteiger partial charge is 0.223 e. The minimum absolute atomic E-state index is 0.335. The van der Waals surface area contributed by atoms with Crippen LogP contribution in [0.25, 0.3) is 0 Å². The summed E-state index contributed by atoms with van der Waals surface area (Å²) in [6.07, 6.45) is 21.2. The largest absolute Gasteiger partial charge is 0.334 e. The first-order valence-corrected chi connectivity index (χ1v) is 12.1. The standard InChI is InChI=1S/C26H43NO/c1-2-3-4-5-6-7-8-9-10-11-12-13-14-15-16-20-26(28)27-22-24-18-17-19-25(21-24)23-27/h17-19,21H,2-16,20,22-23H2,1H3. The molecule has 0 N–H and O–H groups in total. The molecule has 1 heterocycles. The van der Waals surface area contributed by atoms with E-state index in [1.165, 1.54) is 101 Å². The first kappa shape index (κ1) is 23.0. The predicted molar refractivity (Wildman–Crippen MR) is 120 cm³/mol. The third-order valence-electron chi connectivity index (χ3n) is 6.09. The van der Waals surface area contributed by atoms with Crippen molar-refractivity contribution >= 4 is 5.91 Å². The highest BCUT2D eigenvalue weighted by molar-refractivity contribution is 5.76. The van der Waals surface area contributed by atoms with Crippen LogP contribution in [0.4, 0.5) is 0 Å². The van der Waals surface area contributed by atoms with Crippen LogP contribution in [0.5, 0.6) is 0 Å². The van der Waals surface area contributed by atoms with Crippen LogP contribution in [0.2, 0.25) is 0 Å². The molecule has 2 heteroatoms. The van der Waals surface area contributed by atoms with Gasteiger partial charge in [-0.05, 0) is 17.5 Å². The van der Waals surface area contributed by atoms with Gasteiger partial charge in [0.15, 0.2) is 0 Å². The van der Waals surface area contributed by atoms with Crippen molar-refractivity contribution in [2.24, 2.45) is 0 Å². The third kappa shape index (κ3) is 9.75. The van der Waals surface area contributed by atoms with Gasteiger partial charge < -0.3 is 4.90 Å². The Bertz CT molecular complexity index is 518. The monoisotopic (exact) mass is 385 g/mol. The molecule has 1 aromatic carbocycles. The van der Waals surface area contributed by atoms with Crippen LogP contribution in [0, 0.1) is 0 Å². The molecule has 1 amide bonds. The summed E-state index contributed by atoms with van der Waals surface area (Å²) in [6, 6.07) is 8.56. The van der Waals surface area contributed by atoms with Gasteiger partial charge in [0.25, 0.3) is 0 Å². The molecule has 2 bridgehead atoms. The zero-order valence-electron chi connectivity index (χ0n) is 18.4. The minimum Gasteiger partial charge on any atom is -0.334 e. The van der Waals surface area contributed by atoms with Gasteiger partial charge in [-0.1, -0.05) is 121 Å². The zero-order valence-corrected chi connectivity index (χ0v) is 18.4. The SMILES string of the molecule is CCCCCCCCCCCCCCCCCC(=O)N1Cc2cccc(c2)C1. The number of amides is 1. The maximum Gasteiger partial charge on any atom is 0.223 e. The van der Waals surface area contributed by atoms with Crippen molar-refractivity contribution in [2.75, 3.05) is 0 Å². The van der Waals surface area contributed by atoms with Crippen molar-refractivity contribution in [3.63, 3.8) is 0 Å². The van der Waals surface area contributed by atoms with Crippen molar-refractivity contribution in [1.29, 1.82) is 0 Å². The fraction of sp³-hybridized carbons (Fsp3) is 0.731. The first-order chi connectivity index (χ1) is 13.8. The normalized spacial score (nSPS) is 13.1. The van der Waals surface area contributed by atoms with Crippen LogP contribution >= 0.6 is 0 Å². The van der Waals surface area contributed by atoms with E-state index in [1.54, 1.807) is 0 Å². The predicted octanol–water partition coefficient (Wildman–Crippen LogP) is 7.79. The molecule has 0 spiro atoms. The third-order valence-corrected chi connectivity index (χ3v) is 6.09. The van der Waals surface area contributed by atoms with Gasteiger partial charge in [0.1, 0.15) is 0 Å². The van der Waals surface area contributed by atoms with Crippen LogP contribution in [-0.2, 0) is 17.9 Å². The highest BCUT2D eigenvalue weighted by Crippen LogP contribution is 2.20. The molecule has 158 valence electrons. The summed E-state index contributed by atoms with van der Waals surface area (Å²) in [5.41, 5.74) is 2.54. The second-order valence-electron chi connectivity index (χ2n) is 8.77. The van der Waals surface area contributed by atoms with E-state index in [2.05, 4.69) is 31.2 Å². The second kappa shape index (κ2) is 14.7. The van der Waals surface area contributed by atoms with E-state index in [-0.39, 0.29) is 0 Å². The Kier molecular flexibility index (Phi) is 12.0. The highest BCUT2D eigenvalue weighted by Gasteiger charge is 2.18. The molecule has 1 aliphatic rings. The molecule has 2 nitrogen and oxygen atoms in total. The molecule has 0 unspecified atom stereocenters. The lowest BCUT2D eigenvalue weighted by Gasteiger charge is -2.27. The Morgan fingerprint density at radius 3 is 1.61 bits per heavy atom. The van der Waals surface area contributed by atoms with Gasteiger partial charge in [-0.25, -0.2) is 0 Å². The molecule has 2 rings (SSSR count). The van der Waals surface area contributed by atoms with Crippen LogP contribution in [0.1, 0.15) is 121 Å². The molecule has 0 aliphatic carbocycles. The van der Waals surface area contributed by atoms with Gasteiger partial charge in [-0.3, -0.25) is 4.79 Å². The molecule has 28 heavy (non-hydrogen) atoms. The Hall–Kier alpha value is -1.31. The van der Waals surface area contributed by atoms with Gasteiger partial charge in [-0.15, -0.1) is 0 Å². The van der Waals surface area contributed by atoms with Crippen molar-refractivity contribution in [1.82, 2.24) is 4.90 Å². The van der Waals surface area contributed by atoms with E-state index in [0.29, 0.717) is 5.91 Å². The number of nitrogens with zero attached hydrogens (tertiary/aromatic N) is 1. The van der Waals surface area contributed by atoms with E-state index in [4.69, 9.17) is 0 Å². The Labute approximate surface area is 174 Å². The minimum atomic E-state index is 0.335. The van der Waals surface area contributed by atoms with E-state index >= 15 is 0 Å². The summed E-state index contributed by atoms with van der Waals surface area (Å²) in [6.45, 7) is 3.88. The van der Waals surface area contributed by atoms with Crippen LogP contribution in [0.15, 0.2) is 24.3 Å². The number of benzene rings is 1. The highest BCUT2D eigenvalue weighted by atomic mass is 16.2. The molecule has 0 atom stereocenters. The summed E-state index contributed by atoms with van der Waals surface area (Å²) < 4.78 is 0. The molecule has 1 aliphatic heterocycles. The number of unbranched alkanes of at least 4 members (excludes halogenated alkanes) is 14. The van der Waals surface area contributed by atoms with Crippen LogP contribution < -0.4 is 0 Å². The lowest BCUT2D eigenvalue weighted by Crippen LogP contribution is -2.32. The average molecular weight is 386 g/mol. The number of hydrogen-bond donors (Lipinski definition) is 0.